The smallest absolute Gasteiger partial charge is 0.239 e. The highest BCUT2D eigenvalue weighted by molar-refractivity contribution is 5.84. The molecule has 0 unspecified atom stereocenters. The van der Waals surface area contributed by atoms with Crippen LogP contribution in [0.2, 0.25) is 0 Å². The second kappa shape index (κ2) is 8.08. The zero-order valence-corrected chi connectivity index (χ0v) is 11.2. The molecule has 5 heteroatoms. The zero-order valence-electron chi connectivity index (χ0n) is 11.2. The van der Waals surface area contributed by atoms with Crippen molar-refractivity contribution in [1.29, 1.82) is 0 Å². The summed E-state index contributed by atoms with van der Waals surface area (Å²) < 4.78 is 0. The highest BCUT2D eigenvalue weighted by Crippen LogP contribution is 2.25. The fourth-order valence-electron chi connectivity index (χ4n) is 2.23. The number of hydrogen-bond donors (Lipinski definition) is 3. The number of rotatable bonds is 6. The molecule has 0 radical (unpaired) electrons. The van der Waals surface area contributed by atoms with E-state index in [0.29, 0.717) is 24.9 Å². The van der Waals surface area contributed by atoms with Gasteiger partial charge in [-0.2, -0.15) is 0 Å². The van der Waals surface area contributed by atoms with Crippen LogP contribution < -0.4 is 16.4 Å². The van der Waals surface area contributed by atoms with E-state index in [2.05, 4.69) is 10.6 Å². The first kappa shape index (κ1) is 15.0. The SMILES string of the molecule is CCCNC(=O)CNC(=O)CC1CCC(N)CC1. The minimum atomic E-state index is -0.115. The van der Waals surface area contributed by atoms with Gasteiger partial charge in [-0.1, -0.05) is 6.92 Å². The van der Waals surface area contributed by atoms with Crippen LogP contribution >= 0.6 is 0 Å². The van der Waals surface area contributed by atoms with Gasteiger partial charge < -0.3 is 16.4 Å². The van der Waals surface area contributed by atoms with Gasteiger partial charge in [0.2, 0.25) is 11.8 Å². The van der Waals surface area contributed by atoms with E-state index in [0.717, 1.165) is 32.1 Å². The van der Waals surface area contributed by atoms with E-state index >= 15 is 0 Å². The molecule has 5 nitrogen and oxygen atoms in total. The Morgan fingerprint density at radius 1 is 1.11 bits per heavy atom. The van der Waals surface area contributed by atoms with E-state index in [-0.39, 0.29) is 18.4 Å². The Morgan fingerprint density at radius 3 is 2.39 bits per heavy atom. The Morgan fingerprint density at radius 2 is 1.78 bits per heavy atom. The molecule has 0 heterocycles. The average Bonchev–Trinajstić information content (AvgIpc) is 2.36. The quantitative estimate of drug-likeness (QED) is 0.647. The van der Waals surface area contributed by atoms with Crippen LogP contribution in [0.3, 0.4) is 0 Å². The molecule has 0 atom stereocenters. The van der Waals surface area contributed by atoms with Crippen molar-refractivity contribution in [2.45, 2.75) is 51.5 Å². The molecule has 0 aromatic rings. The van der Waals surface area contributed by atoms with Gasteiger partial charge in [-0.25, -0.2) is 0 Å². The van der Waals surface area contributed by atoms with Gasteiger partial charge in [0.05, 0.1) is 6.54 Å². The molecule has 0 bridgehead atoms. The summed E-state index contributed by atoms with van der Waals surface area (Å²) in [7, 11) is 0. The molecule has 1 fully saturated rings. The predicted molar refractivity (Wildman–Crippen MR) is 70.9 cm³/mol. The molecule has 18 heavy (non-hydrogen) atoms. The average molecular weight is 255 g/mol. The molecule has 0 saturated heterocycles. The van der Waals surface area contributed by atoms with Gasteiger partial charge in [0.1, 0.15) is 0 Å². The largest absolute Gasteiger partial charge is 0.355 e. The maximum atomic E-state index is 11.6. The molecular formula is C13H25N3O2. The number of amides is 2. The molecule has 1 saturated carbocycles. The van der Waals surface area contributed by atoms with Gasteiger partial charge in [-0.15, -0.1) is 0 Å². The molecule has 1 rings (SSSR count). The second-order valence-corrected chi connectivity index (χ2v) is 5.11. The summed E-state index contributed by atoms with van der Waals surface area (Å²) in [5.41, 5.74) is 5.82. The summed E-state index contributed by atoms with van der Waals surface area (Å²) >= 11 is 0. The highest BCUT2D eigenvalue weighted by atomic mass is 16.2. The van der Waals surface area contributed by atoms with E-state index in [9.17, 15) is 9.59 Å². The van der Waals surface area contributed by atoms with Crippen molar-refractivity contribution >= 4 is 11.8 Å². The van der Waals surface area contributed by atoms with Crippen molar-refractivity contribution in [2.75, 3.05) is 13.1 Å². The molecule has 0 spiro atoms. The summed E-state index contributed by atoms with van der Waals surface area (Å²) in [5, 5.41) is 5.39. The van der Waals surface area contributed by atoms with Crippen LogP contribution in [0.15, 0.2) is 0 Å². The maximum Gasteiger partial charge on any atom is 0.239 e. The number of carbonyl (C=O) groups excluding carboxylic acids is 2. The molecule has 2 amide bonds. The monoisotopic (exact) mass is 255 g/mol. The molecule has 0 aromatic carbocycles. The minimum absolute atomic E-state index is 0.0258. The fourth-order valence-corrected chi connectivity index (χ4v) is 2.23. The van der Waals surface area contributed by atoms with Crippen LogP contribution in [-0.2, 0) is 9.59 Å². The Labute approximate surface area is 109 Å². The van der Waals surface area contributed by atoms with E-state index in [1.165, 1.54) is 0 Å². The molecule has 1 aliphatic carbocycles. The zero-order chi connectivity index (χ0) is 13.4. The van der Waals surface area contributed by atoms with Gasteiger partial charge in [-0.3, -0.25) is 9.59 Å². The number of carbonyl (C=O) groups is 2. The Kier molecular flexibility index (Phi) is 6.72. The normalized spacial score (nSPS) is 23.4. The summed E-state index contributed by atoms with van der Waals surface area (Å²) in [5.74, 6) is 0.293. The third-order valence-electron chi connectivity index (χ3n) is 3.38. The first-order valence-electron chi connectivity index (χ1n) is 6.90. The van der Waals surface area contributed by atoms with Crippen LogP contribution in [0, 0.1) is 5.92 Å². The Hall–Kier alpha value is -1.10. The lowest BCUT2D eigenvalue weighted by Gasteiger charge is -2.25. The first-order chi connectivity index (χ1) is 8.61. The van der Waals surface area contributed by atoms with Crippen molar-refractivity contribution in [1.82, 2.24) is 10.6 Å². The topological polar surface area (TPSA) is 84.2 Å². The molecule has 0 aromatic heterocycles. The minimum Gasteiger partial charge on any atom is -0.355 e. The maximum absolute atomic E-state index is 11.6. The summed E-state index contributed by atoms with van der Waals surface area (Å²) in [6, 6.07) is 0.309. The van der Waals surface area contributed by atoms with E-state index < -0.39 is 0 Å². The van der Waals surface area contributed by atoms with Crippen LogP contribution in [0.25, 0.3) is 0 Å². The van der Waals surface area contributed by atoms with Crippen molar-refractivity contribution < 1.29 is 9.59 Å². The van der Waals surface area contributed by atoms with Crippen LogP contribution in [0.5, 0.6) is 0 Å². The van der Waals surface area contributed by atoms with Gasteiger partial charge in [0, 0.05) is 19.0 Å². The van der Waals surface area contributed by atoms with Gasteiger partial charge in [0.15, 0.2) is 0 Å². The Balaban J connectivity index is 2.11. The number of hydrogen-bond acceptors (Lipinski definition) is 3. The molecule has 4 N–H and O–H groups in total. The third-order valence-corrected chi connectivity index (χ3v) is 3.38. The fraction of sp³-hybridized carbons (Fsp3) is 0.846. The lowest BCUT2D eigenvalue weighted by atomic mass is 9.84. The lowest BCUT2D eigenvalue weighted by molar-refractivity contribution is -0.126. The van der Waals surface area contributed by atoms with E-state index in [1.807, 2.05) is 6.92 Å². The first-order valence-corrected chi connectivity index (χ1v) is 6.90. The molecule has 104 valence electrons. The predicted octanol–water partition coefficient (Wildman–Crippen LogP) is 0.536. The number of nitrogens with one attached hydrogen (secondary N) is 2. The second-order valence-electron chi connectivity index (χ2n) is 5.11. The lowest BCUT2D eigenvalue weighted by Crippen LogP contribution is -2.38. The van der Waals surface area contributed by atoms with E-state index in [1.54, 1.807) is 0 Å². The summed E-state index contributed by atoms with van der Waals surface area (Å²) in [6.45, 7) is 2.74. The van der Waals surface area contributed by atoms with E-state index in [4.69, 9.17) is 5.73 Å². The van der Waals surface area contributed by atoms with Crippen LogP contribution in [0.4, 0.5) is 0 Å². The van der Waals surface area contributed by atoms with Crippen molar-refractivity contribution in [3.63, 3.8) is 0 Å². The summed E-state index contributed by atoms with van der Waals surface area (Å²) in [6.07, 6.45) is 5.49. The standard InChI is InChI=1S/C13H25N3O2/c1-2-7-15-13(18)9-16-12(17)8-10-3-5-11(14)6-4-10/h10-11H,2-9,14H2,1H3,(H,15,18)(H,16,17). The van der Waals surface area contributed by atoms with Crippen LogP contribution in [0.1, 0.15) is 45.4 Å². The molecule has 0 aliphatic heterocycles. The highest BCUT2D eigenvalue weighted by Gasteiger charge is 2.20. The van der Waals surface area contributed by atoms with Crippen molar-refractivity contribution in [3.8, 4) is 0 Å². The molecular weight excluding hydrogens is 230 g/mol. The van der Waals surface area contributed by atoms with Gasteiger partial charge >= 0.3 is 0 Å². The Bertz CT molecular complexity index is 273. The van der Waals surface area contributed by atoms with Crippen molar-refractivity contribution in [3.05, 3.63) is 0 Å². The number of nitrogens with two attached hydrogens (primary N) is 1. The third kappa shape index (κ3) is 6.00. The van der Waals surface area contributed by atoms with Crippen LogP contribution in [-0.4, -0.2) is 30.9 Å². The van der Waals surface area contributed by atoms with Gasteiger partial charge in [0.25, 0.3) is 0 Å². The summed E-state index contributed by atoms with van der Waals surface area (Å²) in [4.78, 5) is 22.9. The molecule has 1 aliphatic rings. The van der Waals surface area contributed by atoms with Crippen molar-refractivity contribution in [2.24, 2.45) is 11.7 Å². The van der Waals surface area contributed by atoms with Gasteiger partial charge in [-0.05, 0) is 38.0 Å².